The predicted octanol–water partition coefficient (Wildman–Crippen LogP) is 0.464. The van der Waals surface area contributed by atoms with Crippen LogP contribution in [-0.4, -0.2) is 58.0 Å². The van der Waals surface area contributed by atoms with Crippen LogP contribution in [0.3, 0.4) is 0 Å². The van der Waals surface area contributed by atoms with Crippen molar-refractivity contribution in [1.82, 2.24) is 4.31 Å². The van der Waals surface area contributed by atoms with Gasteiger partial charge in [0.25, 0.3) is 0 Å². The summed E-state index contributed by atoms with van der Waals surface area (Å²) < 4.78 is 36.5. The zero-order valence-electron chi connectivity index (χ0n) is 10.3. The molecule has 100 valence electrons. The Hall–Kier alpha value is -0.170. The molecule has 2 rings (SSSR count). The first-order valence-corrected chi connectivity index (χ1v) is 7.81. The van der Waals surface area contributed by atoms with E-state index in [9.17, 15) is 8.42 Å². The predicted molar refractivity (Wildman–Crippen MR) is 64.3 cm³/mol. The van der Waals surface area contributed by atoms with Crippen molar-refractivity contribution in [1.29, 1.82) is 0 Å². The van der Waals surface area contributed by atoms with E-state index in [0.717, 1.165) is 19.3 Å². The minimum atomic E-state index is -3.14. The van der Waals surface area contributed by atoms with Gasteiger partial charge in [0.15, 0.2) is 0 Å². The Balaban J connectivity index is 1.94. The molecule has 2 unspecified atom stereocenters. The van der Waals surface area contributed by atoms with Gasteiger partial charge >= 0.3 is 0 Å². The number of nitrogens with zero attached hydrogens (tertiary/aromatic N) is 1. The SMILES string of the molecule is COC1CCCN(S(=O)(=O)CC2CCOC2)C1. The Kier molecular flexibility index (Phi) is 4.41. The molecule has 2 heterocycles. The van der Waals surface area contributed by atoms with Gasteiger partial charge < -0.3 is 9.47 Å². The molecule has 2 atom stereocenters. The van der Waals surface area contributed by atoms with Gasteiger partial charge in [0.05, 0.1) is 18.5 Å². The Morgan fingerprint density at radius 3 is 2.88 bits per heavy atom. The standard InChI is InChI=1S/C11H21NO4S/c1-15-11-3-2-5-12(7-11)17(13,14)9-10-4-6-16-8-10/h10-11H,2-9H2,1H3. The molecule has 2 saturated heterocycles. The molecule has 17 heavy (non-hydrogen) atoms. The topological polar surface area (TPSA) is 55.8 Å². The Labute approximate surface area is 103 Å². The molecule has 2 fully saturated rings. The molecule has 0 bridgehead atoms. The van der Waals surface area contributed by atoms with Crippen LogP contribution in [0, 0.1) is 5.92 Å². The van der Waals surface area contributed by atoms with Crippen LogP contribution in [-0.2, 0) is 19.5 Å². The summed E-state index contributed by atoms with van der Waals surface area (Å²) in [6.45, 7) is 2.42. The molecule has 0 amide bonds. The van der Waals surface area contributed by atoms with Crippen LogP contribution < -0.4 is 0 Å². The smallest absolute Gasteiger partial charge is 0.214 e. The van der Waals surface area contributed by atoms with E-state index in [4.69, 9.17) is 9.47 Å². The monoisotopic (exact) mass is 263 g/mol. The Bertz CT molecular complexity index is 337. The van der Waals surface area contributed by atoms with E-state index in [2.05, 4.69) is 0 Å². The van der Waals surface area contributed by atoms with Gasteiger partial charge in [-0.1, -0.05) is 0 Å². The van der Waals surface area contributed by atoms with Gasteiger partial charge in [-0.15, -0.1) is 0 Å². The highest BCUT2D eigenvalue weighted by atomic mass is 32.2. The van der Waals surface area contributed by atoms with Crippen LogP contribution in [0.5, 0.6) is 0 Å². The van der Waals surface area contributed by atoms with Crippen molar-refractivity contribution in [3.8, 4) is 0 Å². The molecule has 2 aliphatic rings. The fraction of sp³-hybridized carbons (Fsp3) is 1.00. The average molecular weight is 263 g/mol. The molecule has 6 heteroatoms. The lowest BCUT2D eigenvalue weighted by Crippen LogP contribution is -2.44. The van der Waals surface area contributed by atoms with Crippen LogP contribution >= 0.6 is 0 Å². The van der Waals surface area contributed by atoms with E-state index in [-0.39, 0.29) is 17.8 Å². The molecule has 0 aromatic heterocycles. The number of ether oxygens (including phenoxy) is 2. The summed E-state index contributed by atoms with van der Waals surface area (Å²) in [6, 6.07) is 0. The minimum absolute atomic E-state index is 0.0540. The summed E-state index contributed by atoms with van der Waals surface area (Å²) >= 11 is 0. The van der Waals surface area contributed by atoms with Crippen LogP contribution in [0.25, 0.3) is 0 Å². The van der Waals surface area contributed by atoms with E-state index in [1.54, 1.807) is 11.4 Å². The van der Waals surface area contributed by atoms with Crippen molar-refractivity contribution in [3.05, 3.63) is 0 Å². The molecule has 5 nitrogen and oxygen atoms in total. The fourth-order valence-electron chi connectivity index (χ4n) is 2.47. The van der Waals surface area contributed by atoms with Crippen molar-refractivity contribution in [2.75, 3.05) is 39.2 Å². The van der Waals surface area contributed by atoms with Gasteiger partial charge in [-0.3, -0.25) is 0 Å². The second kappa shape index (κ2) is 5.65. The third-order valence-electron chi connectivity index (χ3n) is 3.54. The summed E-state index contributed by atoms with van der Waals surface area (Å²) in [6.07, 6.45) is 2.76. The summed E-state index contributed by atoms with van der Waals surface area (Å²) in [5, 5.41) is 0. The molecule has 0 aliphatic carbocycles. The van der Waals surface area contributed by atoms with Crippen molar-refractivity contribution in [3.63, 3.8) is 0 Å². The zero-order valence-corrected chi connectivity index (χ0v) is 11.1. The second-order valence-electron chi connectivity index (χ2n) is 4.87. The van der Waals surface area contributed by atoms with Crippen molar-refractivity contribution in [2.24, 2.45) is 5.92 Å². The van der Waals surface area contributed by atoms with Gasteiger partial charge in [-0.25, -0.2) is 8.42 Å². The van der Waals surface area contributed by atoms with Crippen LogP contribution in [0.4, 0.5) is 0 Å². The average Bonchev–Trinajstić information content (AvgIpc) is 2.81. The molecule has 2 aliphatic heterocycles. The largest absolute Gasteiger partial charge is 0.381 e. The molecule has 0 radical (unpaired) electrons. The first kappa shape index (κ1) is 13.3. The lowest BCUT2D eigenvalue weighted by Gasteiger charge is -2.31. The summed E-state index contributed by atoms with van der Waals surface area (Å²) in [5.41, 5.74) is 0. The van der Waals surface area contributed by atoms with Crippen LogP contribution in [0.15, 0.2) is 0 Å². The number of piperidine rings is 1. The lowest BCUT2D eigenvalue weighted by atomic mass is 10.1. The summed E-state index contributed by atoms with van der Waals surface area (Å²) in [4.78, 5) is 0. The normalized spacial score (nSPS) is 31.8. The third kappa shape index (κ3) is 3.40. The van der Waals surface area contributed by atoms with E-state index in [0.29, 0.717) is 26.3 Å². The molecule has 0 spiro atoms. The maximum atomic E-state index is 12.2. The fourth-order valence-corrected chi connectivity index (χ4v) is 4.34. The maximum Gasteiger partial charge on any atom is 0.214 e. The number of rotatable bonds is 4. The van der Waals surface area contributed by atoms with Gasteiger partial charge in [0.2, 0.25) is 10.0 Å². The van der Waals surface area contributed by atoms with Crippen molar-refractivity contribution < 1.29 is 17.9 Å². The highest BCUT2D eigenvalue weighted by Gasteiger charge is 2.32. The van der Waals surface area contributed by atoms with Crippen molar-refractivity contribution >= 4 is 10.0 Å². The first-order valence-electron chi connectivity index (χ1n) is 6.20. The van der Waals surface area contributed by atoms with E-state index in [1.807, 2.05) is 0 Å². The van der Waals surface area contributed by atoms with E-state index < -0.39 is 10.0 Å². The first-order chi connectivity index (χ1) is 8.12. The van der Waals surface area contributed by atoms with Gasteiger partial charge in [0.1, 0.15) is 0 Å². The Morgan fingerprint density at radius 1 is 1.41 bits per heavy atom. The van der Waals surface area contributed by atoms with Crippen LogP contribution in [0.2, 0.25) is 0 Å². The highest BCUT2D eigenvalue weighted by Crippen LogP contribution is 2.21. The molecule has 0 saturated carbocycles. The molecular formula is C11H21NO4S. The maximum absolute atomic E-state index is 12.2. The van der Waals surface area contributed by atoms with E-state index in [1.165, 1.54) is 0 Å². The van der Waals surface area contributed by atoms with Gasteiger partial charge in [-0.2, -0.15) is 4.31 Å². The number of sulfonamides is 1. The van der Waals surface area contributed by atoms with Gasteiger partial charge in [-0.05, 0) is 25.2 Å². The summed E-state index contributed by atoms with van der Waals surface area (Å²) in [5.74, 6) is 0.395. The highest BCUT2D eigenvalue weighted by molar-refractivity contribution is 7.89. The number of hydrogen-bond acceptors (Lipinski definition) is 4. The molecular weight excluding hydrogens is 242 g/mol. The quantitative estimate of drug-likeness (QED) is 0.739. The third-order valence-corrected chi connectivity index (χ3v) is 5.55. The lowest BCUT2D eigenvalue weighted by molar-refractivity contribution is 0.0570. The molecule has 0 aromatic carbocycles. The summed E-state index contributed by atoms with van der Waals surface area (Å²) in [7, 11) is -1.49. The zero-order chi connectivity index (χ0) is 12.3. The van der Waals surface area contributed by atoms with Crippen molar-refractivity contribution in [2.45, 2.75) is 25.4 Å². The Morgan fingerprint density at radius 2 is 2.24 bits per heavy atom. The molecule has 0 aromatic rings. The second-order valence-corrected chi connectivity index (χ2v) is 6.88. The molecule has 0 N–H and O–H groups in total. The van der Waals surface area contributed by atoms with E-state index >= 15 is 0 Å². The number of hydrogen-bond donors (Lipinski definition) is 0. The number of methoxy groups -OCH3 is 1. The minimum Gasteiger partial charge on any atom is -0.381 e. The van der Waals surface area contributed by atoms with Gasteiger partial charge in [0, 0.05) is 26.8 Å². The van der Waals surface area contributed by atoms with Crippen LogP contribution in [0.1, 0.15) is 19.3 Å².